The number of nitrogens with one attached hydrogen (secondary N) is 1. The van der Waals surface area contributed by atoms with Crippen LogP contribution in [0.25, 0.3) is 11.0 Å². The van der Waals surface area contributed by atoms with E-state index in [1.54, 1.807) is 0 Å². The normalized spacial score (nSPS) is 25.1. The summed E-state index contributed by atoms with van der Waals surface area (Å²) in [5, 5.41) is 0. The Bertz CT molecular complexity index is 736. The molecule has 2 fully saturated rings. The van der Waals surface area contributed by atoms with E-state index in [0.717, 1.165) is 37.2 Å². The number of aryl methyl sites for hydroxylation is 2. The number of fused-ring (bicyclic) bond motifs is 2. The summed E-state index contributed by atoms with van der Waals surface area (Å²) in [6, 6.07) is 4.04. The van der Waals surface area contributed by atoms with Crippen molar-refractivity contribution in [2.45, 2.75) is 13.8 Å². The van der Waals surface area contributed by atoms with E-state index in [4.69, 9.17) is 0 Å². The predicted octanol–water partition coefficient (Wildman–Crippen LogP) is 1.81. The average molecular weight is 298 g/mol. The zero-order valence-electron chi connectivity index (χ0n) is 13.4. The minimum atomic E-state index is 0.0466. The van der Waals surface area contributed by atoms with Crippen molar-refractivity contribution in [3.05, 3.63) is 29.1 Å². The van der Waals surface area contributed by atoms with Crippen LogP contribution in [0.15, 0.2) is 12.1 Å². The highest BCUT2D eigenvalue weighted by molar-refractivity contribution is 5.95. The molecule has 0 bridgehead atoms. The molecular formula is C17H22N4O. The first-order valence-corrected chi connectivity index (χ1v) is 7.96. The van der Waals surface area contributed by atoms with Gasteiger partial charge in [-0.05, 0) is 49.9 Å². The Morgan fingerprint density at radius 3 is 2.55 bits per heavy atom. The van der Waals surface area contributed by atoms with Crippen LogP contribution in [-0.2, 0) is 0 Å². The molecule has 1 aromatic carbocycles. The van der Waals surface area contributed by atoms with Gasteiger partial charge in [0, 0.05) is 26.2 Å². The van der Waals surface area contributed by atoms with E-state index in [1.807, 2.05) is 11.0 Å². The van der Waals surface area contributed by atoms with Crippen LogP contribution in [0.3, 0.4) is 0 Å². The number of rotatable bonds is 1. The molecule has 2 aromatic rings. The summed E-state index contributed by atoms with van der Waals surface area (Å²) in [4.78, 5) is 24.8. The molecule has 1 aromatic heterocycles. The fraction of sp³-hybridized carbons (Fsp3) is 0.529. The van der Waals surface area contributed by atoms with Gasteiger partial charge in [0.1, 0.15) is 0 Å². The predicted molar refractivity (Wildman–Crippen MR) is 85.9 cm³/mol. The summed E-state index contributed by atoms with van der Waals surface area (Å²) in [6.07, 6.45) is 0. The molecule has 5 nitrogen and oxygen atoms in total. The fourth-order valence-electron chi connectivity index (χ4n) is 3.96. The van der Waals surface area contributed by atoms with Gasteiger partial charge in [-0.3, -0.25) is 4.79 Å². The Balaban J connectivity index is 1.60. The summed E-state index contributed by atoms with van der Waals surface area (Å²) >= 11 is 0. The average Bonchev–Trinajstić information content (AvgIpc) is 3.14. The molecule has 22 heavy (non-hydrogen) atoms. The molecule has 0 aliphatic carbocycles. The summed E-state index contributed by atoms with van der Waals surface area (Å²) in [5.41, 5.74) is 4.26. The van der Waals surface area contributed by atoms with Crippen LogP contribution in [-0.4, -0.2) is 58.9 Å². The SMILES string of the molecule is Cc1ccc2nc(C(=O)N3C[C@H]4CN(C)C[C@H]4C3)[nH]c2c1C. The monoisotopic (exact) mass is 298 g/mol. The first-order valence-electron chi connectivity index (χ1n) is 7.96. The number of carbonyl (C=O) groups excluding carboxylic acids is 1. The molecule has 3 heterocycles. The maximum Gasteiger partial charge on any atom is 0.289 e. The van der Waals surface area contributed by atoms with Gasteiger partial charge in [0.2, 0.25) is 0 Å². The number of carbonyl (C=O) groups is 1. The third-order valence-corrected chi connectivity index (χ3v) is 5.35. The van der Waals surface area contributed by atoms with E-state index in [-0.39, 0.29) is 5.91 Å². The van der Waals surface area contributed by atoms with E-state index >= 15 is 0 Å². The maximum atomic E-state index is 12.7. The van der Waals surface area contributed by atoms with Gasteiger partial charge in [0.15, 0.2) is 5.82 Å². The number of imidazole rings is 1. The van der Waals surface area contributed by atoms with Crippen molar-refractivity contribution in [3.8, 4) is 0 Å². The van der Waals surface area contributed by atoms with E-state index in [1.165, 1.54) is 11.1 Å². The number of aromatic amines is 1. The number of aromatic nitrogens is 2. The highest BCUT2D eigenvalue weighted by Crippen LogP contribution is 2.31. The van der Waals surface area contributed by atoms with Crippen LogP contribution in [0.1, 0.15) is 21.7 Å². The number of amides is 1. The zero-order chi connectivity index (χ0) is 15.4. The van der Waals surface area contributed by atoms with E-state index in [9.17, 15) is 4.79 Å². The van der Waals surface area contributed by atoms with Gasteiger partial charge in [-0.15, -0.1) is 0 Å². The van der Waals surface area contributed by atoms with E-state index < -0.39 is 0 Å². The van der Waals surface area contributed by atoms with Crippen molar-refractivity contribution >= 4 is 16.9 Å². The molecule has 0 spiro atoms. The van der Waals surface area contributed by atoms with Crippen LogP contribution in [0.5, 0.6) is 0 Å². The van der Waals surface area contributed by atoms with Crippen molar-refractivity contribution in [2.24, 2.45) is 11.8 Å². The third kappa shape index (κ3) is 2.03. The highest BCUT2D eigenvalue weighted by atomic mass is 16.2. The largest absolute Gasteiger partial charge is 0.335 e. The van der Waals surface area contributed by atoms with Crippen LogP contribution in [0.2, 0.25) is 0 Å². The minimum Gasteiger partial charge on any atom is -0.335 e. The molecule has 2 atom stereocenters. The molecule has 0 unspecified atom stereocenters. The van der Waals surface area contributed by atoms with E-state index in [0.29, 0.717) is 17.7 Å². The Morgan fingerprint density at radius 1 is 1.18 bits per heavy atom. The van der Waals surface area contributed by atoms with Crippen LogP contribution >= 0.6 is 0 Å². The lowest BCUT2D eigenvalue weighted by Gasteiger charge is -2.18. The van der Waals surface area contributed by atoms with Gasteiger partial charge in [0.25, 0.3) is 5.91 Å². The van der Waals surface area contributed by atoms with Crippen molar-refractivity contribution in [1.82, 2.24) is 19.8 Å². The highest BCUT2D eigenvalue weighted by Gasteiger charge is 2.41. The summed E-state index contributed by atoms with van der Waals surface area (Å²) in [7, 11) is 2.16. The van der Waals surface area contributed by atoms with Gasteiger partial charge in [-0.25, -0.2) is 4.98 Å². The standard InChI is InChI=1S/C17H22N4O/c1-10-4-5-14-15(11(10)2)19-16(18-14)17(22)21-8-12-6-20(3)7-13(12)9-21/h4-5,12-13H,6-9H2,1-3H3,(H,18,19)/t12-,13+. The topological polar surface area (TPSA) is 52.2 Å². The van der Waals surface area contributed by atoms with Gasteiger partial charge in [-0.1, -0.05) is 6.07 Å². The molecule has 2 saturated heterocycles. The summed E-state index contributed by atoms with van der Waals surface area (Å²) in [5.74, 6) is 1.78. The fourth-order valence-corrected chi connectivity index (χ4v) is 3.96. The lowest BCUT2D eigenvalue weighted by molar-refractivity contribution is 0.0765. The maximum absolute atomic E-state index is 12.7. The number of nitrogens with zero attached hydrogens (tertiary/aromatic N) is 3. The van der Waals surface area contributed by atoms with Crippen molar-refractivity contribution < 1.29 is 4.79 Å². The second-order valence-corrected chi connectivity index (χ2v) is 6.94. The molecule has 5 heteroatoms. The molecule has 4 rings (SSSR count). The van der Waals surface area contributed by atoms with Gasteiger partial charge in [-0.2, -0.15) is 0 Å². The van der Waals surface area contributed by atoms with Crippen LogP contribution in [0.4, 0.5) is 0 Å². The van der Waals surface area contributed by atoms with Gasteiger partial charge >= 0.3 is 0 Å². The van der Waals surface area contributed by atoms with Crippen LogP contribution in [0, 0.1) is 25.7 Å². The number of hydrogen-bond acceptors (Lipinski definition) is 3. The lowest BCUT2D eigenvalue weighted by Crippen LogP contribution is -2.32. The molecule has 116 valence electrons. The Morgan fingerprint density at radius 2 is 1.86 bits per heavy atom. The number of benzene rings is 1. The second kappa shape index (κ2) is 4.81. The molecular weight excluding hydrogens is 276 g/mol. The van der Waals surface area contributed by atoms with Crippen molar-refractivity contribution in [1.29, 1.82) is 0 Å². The first-order chi connectivity index (χ1) is 10.5. The molecule has 1 amide bonds. The summed E-state index contributed by atoms with van der Waals surface area (Å²) in [6.45, 7) is 8.08. The third-order valence-electron chi connectivity index (χ3n) is 5.35. The van der Waals surface area contributed by atoms with Crippen molar-refractivity contribution in [2.75, 3.05) is 33.2 Å². The second-order valence-electron chi connectivity index (χ2n) is 6.94. The number of likely N-dealkylation sites (tertiary alicyclic amines) is 2. The quantitative estimate of drug-likeness (QED) is 0.873. The Kier molecular flexibility index (Phi) is 3.01. The number of H-pyrrole nitrogens is 1. The van der Waals surface area contributed by atoms with E-state index in [2.05, 4.69) is 41.8 Å². The smallest absolute Gasteiger partial charge is 0.289 e. The molecule has 0 saturated carbocycles. The molecule has 2 aliphatic heterocycles. The first kappa shape index (κ1) is 13.8. The summed E-state index contributed by atoms with van der Waals surface area (Å²) < 4.78 is 0. The Labute approximate surface area is 130 Å². The van der Waals surface area contributed by atoms with Crippen LogP contribution < -0.4 is 0 Å². The molecule has 1 N–H and O–H groups in total. The zero-order valence-corrected chi connectivity index (χ0v) is 13.4. The number of hydrogen-bond donors (Lipinski definition) is 1. The molecule has 2 aliphatic rings. The van der Waals surface area contributed by atoms with Crippen molar-refractivity contribution in [3.63, 3.8) is 0 Å². The lowest BCUT2D eigenvalue weighted by atomic mass is 10.0. The van der Waals surface area contributed by atoms with Gasteiger partial charge < -0.3 is 14.8 Å². The molecule has 0 radical (unpaired) electrons. The van der Waals surface area contributed by atoms with Gasteiger partial charge in [0.05, 0.1) is 11.0 Å². The Hall–Kier alpha value is -1.88. The minimum absolute atomic E-state index is 0.0466.